The van der Waals surface area contributed by atoms with E-state index in [2.05, 4.69) is 5.32 Å². The Kier molecular flexibility index (Phi) is 5.93. The second-order valence-corrected chi connectivity index (χ2v) is 8.75. The molecule has 8 nitrogen and oxygen atoms in total. The molecule has 4 amide bonds. The Labute approximate surface area is 191 Å². The van der Waals surface area contributed by atoms with Gasteiger partial charge in [-0.1, -0.05) is 25.3 Å². The molecule has 1 aliphatic heterocycles. The molecule has 1 saturated heterocycles. The van der Waals surface area contributed by atoms with Crippen molar-refractivity contribution < 1.29 is 24.3 Å². The number of nitrogens with one attached hydrogen (secondary N) is 1. The number of benzene rings is 1. The predicted molar refractivity (Wildman–Crippen MR) is 122 cm³/mol. The van der Waals surface area contributed by atoms with Gasteiger partial charge < -0.3 is 9.67 Å². The van der Waals surface area contributed by atoms with Crippen LogP contribution in [-0.2, 0) is 9.59 Å². The third kappa shape index (κ3) is 4.08. The molecule has 2 heterocycles. The Morgan fingerprint density at radius 1 is 1.06 bits per heavy atom. The fourth-order valence-electron chi connectivity index (χ4n) is 4.79. The summed E-state index contributed by atoms with van der Waals surface area (Å²) in [5.74, 6) is -2.28. The highest BCUT2D eigenvalue weighted by atomic mass is 16.4. The molecule has 0 atom stereocenters. The van der Waals surface area contributed by atoms with Gasteiger partial charge in [-0.15, -0.1) is 0 Å². The van der Waals surface area contributed by atoms with Crippen molar-refractivity contribution in [3.05, 3.63) is 57.9 Å². The summed E-state index contributed by atoms with van der Waals surface area (Å²) in [6.07, 6.45) is 5.99. The minimum atomic E-state index is -1.02. The van der Waals surface area contributed by atoms with Crippen molar-refractivity contribution in [1.82, 2.24) is 14.8 Å². The molecule has 1 saturated carbocycles. The standard InChI is InChI=1S/C25H27N3O5/c1-14-9-10-17(24(31)32)13-21(14)27-15(2)11-18(16(27)3)12-20-22(29)26-25(33)28(23(20)30)19-7-5-4-6-8-19/h9-13,19H,4-8H2,1-3H3,(H,31,32)(H,26,29,33). The summed E-state index contributed by atoms with van der Waals surface area (Å²) in [5, 5.41) is 11.7. The number of imide groups is 2. The number of aromatic carboxylic acids is 1. The van der Waals surface area contributed by atoms with Crippen LogP contribution in [0.1, 0.15) is 65.0 Å². The summed E-state index contributed by atoms with van der Waals surface area (Å²) < 4.78 is 1.91. The molecule has 1 aliphatic carbocycles. The molecule has 1 aromatic carbocycles. The fourth-order valence-corrected chi connectivity index (χ4v) is 4.79. The number of urea groups is 1. The van der Waals surface area contributed by atoms with Crippen molar-refractivity contribution in [3.63, 3.8) is 0 Å². The van der Waals surface area contributed by atoms with Crippen molar-refractivity contribution >= 4 is 29.9 Å². The molecule has 2 N–H and O–H groups in total. The van der Waals surface area contributed by atoms with Gasteiger partial charge in [0, 0.05) is 23.1 Å². The second-order valence-electron chi connectivity index (χ2n) is 8.75. The maximum Gasteiger partial charge on any atom is 0.335 e. The quantitative estimate of drug-likeness (QED) is 0.544. The first-order chi connectivity index (χ1) is 15.7. The van der Waals surface area contributed by atoms with Gasteiger partial charge in [0.05, 0.1) is 5.56 Å². The molecule has 4 rings (SSSR count). The summed E-state index contributed by atoms with van der Waals surface area (Å²) >= 11 is 0. The van der Waals surface area contributed by atoms with E-state index in [0.29, 0.717) is 11.3 Å². The van der Waals surface area contributed by atoms with Crippen LogP contribution < -0.4 is 5.32 Å². The first kappa shape index (κ1) is 22.5. The van der Waals surface area contributed by atoms with Gasteiger partial charge in [0.25, 0.3) is 11.8 Å². The lowest BCUT2D eigenvalue weighted by atomic mass is 9.93. The average molecular weight is 450 g/mol. The zero-order valence-corrected chi connectivity index (χ0v) is 19.0. The number of barbiturate groups is 1. The van der Waals surface area contributed by atoms with E-state index in [-0.39, 0.29) is 17.2 Å². The van der Waals surface area contributed by atoms with Crippen molar-refractivity contribution in [2.75, 3.05) is 0 Å². The number of nitrogens with zero attached hydrogens (tertiary/aromatic N) is 2. The van der Waals surface area contributed by atoms with Crippen LogP contribution >= 0.6 is 0 Å². The number of carboxylic acid groups (broad SMARTS) is 1. The molecule has 1 aromatic heterocycles. The van der Waals surface area contributed by atoms with Crippen molar-refractivity contribution in [3.8, 4) is 5.69 Å². The van der Waals surface area contributed by atoms with E-state index in [0.717, 1.165) is 49.1 Å². The lowest BCUT2D eigenvalue weighted by Crippen LogP contribution is -2.58. The number of aromatic nitrogens is 1. The Morgan fingerprint density at radius 2 is 1.76 bits per heavy atom. The average Bonchev–Trinajstić information content (AvgIpc) is 3.05. The number of hydrogen-bond donors (Lipinski definition) is 2. The van der Waals surface area contributed by atoms with Gasteiger partial charge in [0.15, 0.2) is 0 Å². The molecule has 2 aliphatic rings. The van der Waals surface area contributed by atoms with Crippen LogP contribution in [0.3, 0.4) is 0 Å². The summed E-state index contributed by atoms with van der Waals surface area (Å²) in [6, 6.07) is 5.91. The van der Waals surface area contributed by atoms with E-state index in [1.54, 1.807) is 18.2 Å². The van der Waals surface area contributed by atoms with Gasteiger partial charge in [-0.3, -0.25) is 19.8 Å². The maximum absolute atomic E-state index is 13.2. The molecular formula is C25H27N3O5. The Hall–Kier alpha value is -3.68. The topological polar surface area (TPSA) is 109 Å². The molecule has 33 heavy (non-hydrogen) atoms. The van der Waals surface area contributed by atoms with Crippen molar-refractivity contribution in [1.29, 1.82) is 0 Å². The van der Waals surface area contributed by atoms with E-state index in [1.807, 2.05) is 31.4 Å². The molecule has 8 heteroatoms. The number of carboxylic acids is 1. The van der Waals surface area contributed by atoms with Gasteiger partial charge in [0.1, 0.15) is 5.57 Å². The smallest absolute Gasteiger partial charge is 0.335 e. The van der Waals surface area contributed by atoms with Crippen LogP contribution in [0.5, 0.6) is 0 Å². The Morgan fingerprint density at radius 3 is 2.42 bits per heavy atom. The van der Waals surface area contributed by atoms with Crippen LogP contribution in [0.15, 0.2) is 29.8 Å². The van der Waals surface area contributed by atoms with E-state index < -0.39 is 23.8 Å². The lowest BCUT2D eigenvalue weighted by Gasteiger charge is -2.35. The third-order valence-corrected chi connectivity index (χ3v) is 6.54. The largest absolute Gasteiger partial charge is 0.478 e. The summed E-state index contributed by atoms with van der Waals surface area (Å²) in [7, 11) is 0. The summed E-state index contributed by atoms with van der Waals surface area (Å²) in [6.45, 7) is 5.62. The van der Waals surface area contributed by atoms with Crippen LogP contribution in [0.25, 0.3) is 11.8 Å². The van der Waals surface area contributed by atoms with E-state index in [9.17, 15) is 24.3 Å². The van der Waals surface area contributed by atoms with Gasteiger partial charge in [-0.05, 0) is 69.0 Å². The summed E-state index contributed by atoms with van der Waals surface area (Å²) in [5.41, 5.74) is 3.95. The van der Waals surface area contributed by atoms with Gasteiger partial charge in [-0.2, -0.15) is 0 Å². The third-order valence-electron chi connectivity index (χ3n) is 6.54. The number of aryl methyl sites for hydroxylation is 2. The van der Waals surface area contributed by atoms with Crippen LogP contribution in [-0.4, -0.2) is 44.4 Å². The lowest BCUT2D eigenvalue weighted by molar-refractivity contribution is -0.132. The molecule has 0 bridgehead atoms. The van der Waals surface area contributed by atoms with Crippen molar-refractivity contribution in [2.24, 2.45) is 0 Å². The Bertz CT molecular complexity index is 1200. The van der Waals surface area contributed by atoms with Gasteiger partial charge >= 0.3 is 12.0 Å². The van der Waals surface area contributed by atoms with Gasteiger partial charge in [0.2, 0.25) is 0 Å². The highest BCUT2D eigenvalue weighted by Gasteiger charge is 2.40. The highest BCUT2D eigenvalue weighted by Crippen LogP contribution is 2.29. The highest BCUT2D eigenvalue weighted by molar-refractivity contribution is 6.31. The fraction of sp³-hybridized carbons (Fsp3) is 0.360. The molecule has 2 fully saturated rings. The Balaban J connectivity index is 1.75. The predicted octanol–water partition coefficient (Wildman–Crippen LogP) is 3.90. The summed E-state index contributed by atoms with van der Waals surface area (Å²) in [4.78, 5) is 50.9. The van der Waals surface area contributed by atoms with Gasteiger partial charge in [-0.25, -0.2) is 9.59 Å². The maximum atomic E-state index is 13.2. The number of amides is 4. The molecule has 0 unspecified atom stereocenters. The van der Waals surface area contributed by atoms with Crippen LogP contribution in [0, 0.1) is 20.8 Å². The van der Waals surface area contributed by atoms with Crippen LogP contribution in [0.2, 0.25) is 0 Å². The minimum absolute atomic E-state index is 0.0727. The molecule has 0 radical (unpaired) electrons. The number of hydrogen-bond acceptors (Lipinski definition) is 4. The number of carbonyl (C=O) groups is 4. The SMILES string of the molecule is Cc1ccc(C(=O)O)cc1-n1c(C)cc(C=C2C(=O)NC(=O)N(C3CCCCC3)C2=O)c1C. The van der Waals surface area contributed by atoms with E-state index >= 15 is 0 Å². The van der Waals surface area contributed by atoms with Crippen molar-refractivity contribution in [2.45, 2.75) is 58.9 Å². The molecule has 0 spiro atoms. The molecular weight excluding hydrogens is 422 g/mol. The second kappa shape index (κ2) is 8.69. The monoisotopic (exact) mass is 449 g/mol. The molecule has 2 aromatic rings. The van der Waals surface area contributed by atoms with E-state index in [4.69, 9.17) is 0 Å². The zero-order chi connectivity index (χ0) is 23.9. The number of rotatable bonds is 4. The number of carbonyl (C=O) groups excluding carboxylic acids is 3. The zero-order valence-electron chi connectivity index (χ0n) is 19.0. The first-order valence-electron chi connectivity index (χ1n) is 11.1. The van der Waals surface area contributed by atoms with Crippen LogP contribution in [0.4, 0.5) is 4.79 Å². The first-order valence-corrected chi connectivity index (χ1v) is 11.1. The molecule has 172 valence electrons. The minimum Gasteiger partial charge on any atom is -0.478 e. The van der Waals surface area contributed by atoms with E-state index in [1.165, 1.54) is 11.0 Å². The normalized spacial score (nSPS) is 18.7.